The van der Waals surface area contributed by atoms with Crippen LogP contribution in [0.3, 0.4) is 0 Å². The van der Waals surface area contributed by atoms with Gasteiger partial charge in [-0.3, -0.25) is 4.79 Å². The van der Waals surface area contributed by atoms with E-state index in [0.29, 0.717) is 5.02 Å². The number of ether oxygens (including phenoxy) is 2. The van der Waals surface area contributed by atoms with Gasteiger partial charge in [0.1, 0.15) is 0 Å². The standard InChI is InChI=1S/C17H16ClF2NO3/c1-10(11-3-6-13(18)7-4-11)21-16(22)12-5-8-14(24-17(19)20)15(9-12)23-2/h3-10,17H,1-2H3,(H,21,22)/t10-/m1/s1. The van der Waals surface area contributed by atoms with Crippen molar-refractivity contribution >= 4 is 17.5 Å². The third kappa shape index (κ3) is 4.58. The van der Waals surface area contributed by atoms with E-state index in [2.05, 4.69) is 10.1 Å². The van der Waals surface area contributed by atoms with Crippen molar-refractivity contribution in [2.24, 2.45) is 0 Å². The lowest BCUT2D eigenvalue weighted by Gasteiger charge is -2.16. The van der Waals surface area contributed by atoms with Crippen molar-refractivity contribution in [3.8, 4) is 11.5 Å². The first-order valence-corrected chi connectivity index (χ1v) is 7.47. The summed E-state index contributed by atoms with van der Waals surface area (Å²) in [6, 6.07) is 10.9. The van der Waals surface area contributed by atoms with Crippen LogP contribution in [0.4, 0.5) is 8.78 Å². The molecule has 0 saturated heterocycles. The Morgan fingerprint density at radius 2 is 1.79 bits per heavy atom. The summed E-state index contributed by atoms with van der Waals surface area (Å²) in [5, 5.41) is 3.42. The van der Waals surface area contributed by atoms with Gasteiger partial charge in [-0.2, -0.15) is 8.78 Å². The Kier molecular flexibility index (Phi) is 5.98. The zero-order valence-corrected chi connectivity index (χ0v) is 13.8. The molecule has 0 fully saturated rings. The Morgan fingerprint density at radius 1 is 1.12 bits per heavy atom. The SMILES string of the molecule is COc1cc(C(=O)N[C@H](C)c2ccc(Cl)cc2)ccc1OC(F)F. The van der Waals surface area contributed by atoms with Crippen molar-refractivity contribution in [3.05, 3.63) is 58.6 Å². The molecule has 2 rings (SSSR count). The van der Waals surface area contributed by atoms with E-state index in [-0.39, 0.29) is 29.0 Å². The van der Waals surface area contributed by atoms with Gasteiger partial charge in [0.15, 0.2) is 11.5 Å². The number of rotatable bonds is 6. The van der Waals surface area contributed by atoms with E-state index in [9.17, 15) is 13.6 Å². The fourth-order valence-electron chi connectivity index (χ4n) is 2.12. The van der Waals surface area contributed by atoms with Crippen molar-refractivity contribution < 1.29 is 23.0 Å². The van der Waals surface area contributed by atoms with Crippen LogP contribution >= 0.6 is 11.6 Å². The van der Waals surface area contributed by atoms with Crippen LogP contribution in [0.1, 0.15) is 28.9 Å². The number of halogens is 3. The summed E-state index contributed by atoms with van der Waals surface area (Å²) >= 11 is 5.84. The predicted octanol–water partition coefficient (Wildman–Crippen LogP) is 4.44. The molecule has 0 bridgehead atoms. The van der Waals surface area contributed by atoms with E-state index in [4.69, 9.17) is 16.3 Å². The number of alkyl halides is 2. The summed E-state index contributed by atoms with van der Waals surface area (Å²) in [6.07, 6.45) is 0. The number of benzene rings is 2. The molecule has 0 aromatic heterocycles. The number of methoxy groups -OCH3 is 1. The molecule has 0 radical (unpaired) electrons. The molecule has 0 unspecified atom stereocenters. The van der Waals surface area contributed by atoms with Crippen LogP contribution in [0, 0.1) is 0 Å². The van der Waals surface area contributed by atoms with E-state index >= 15 is 0 Å². The van der Waals surface area contributed by atoms with Crippen molar-refractivity contribution in [2.75, 3.05) is 7.11 Å². The maximum Gasteiger partial charge on any atom is 0.387 e. The van der Waals surface area contributed by atoms with E-state index in [0.717, 1.165) is 5.56 Å². The first-order chi connectivity index (χ1) is 11.4. The number of nitrogens with one attached hydrogen (secondary N) is 1. The number of carbonyl (C=O) groups excluding carboxylic acids is 1. The molecule has 0 aliphatic carbocycles. The molecule has 128 valence electrons. The highest BCUT2D eigenvalue weighted by Gasteiger charge is 2.16. The molecule has 2 aromatic carbocycles. The summed E-state index contributed by atoms with van der Waals surface area (Å²) < 4.78 is 34.0. The largest absolute Gasteiger partial charge is 0.493 e. The summed E-state index contributed by atoms with van der Waals surface area (Å²) in [6.45, 7) is -1.14. The zero-order valence-electron chi connectivity index (χ0n) is 13.1. The molecule has 0 saturated carbocycles. The van der Waals surface area contributed by atoms with E-state index in [1.807, 2.05) is 19.1 Å². The summed E-state index contributed by atoms with van der Waals surface area (Å²) in [4.78, 5) is 12.3. The van der Waals surface area contributed by atoms with Crippen molar-refractivity contribution in [2.45, 2.75) is 19.6 Å². The topological polar surface area (TPSA) is 47.6 Å². The second-order valence-electron chi connectivity index (χ2n) is 4.99. The van der Waals surface area contributed by atoms with Crippen molar-refractivity contribution in [1.29, 1.82) is 0 Å². The van der Waals surface area contributed by atoms with E-state index in [1.54, 1.807) is 12.1 Å². The first-order valence-electron chi connectivity index (χ1n) is 7.10. The van der Waals surface area contributed by atoms with Gasteiger partial charge in [-0.1, -0.05) is 23.7 Å². The van der Waals surface area contributed by atoms with Gasteiger partial charge >= 0.3 is 6.61 Å². The molecule has 1 amide bonds. The monoisotopic (exact) mass is 355 g/mol. The van der Waals surface area contributed by atoms with Gasteiger partial charge in [0.05, 0.1) is 13.2 Å². The molecule has 24 heavy (non-hydrogen) atoms. The van der Waals surface area contributed by atoms with Crippen LogP contribution in [0.15, 0.2) is 42.5 Å². The van der Waals surface area contributed by atoms with Crippen LogP contribution in [0.25, 0.3) is 0 Å². The molecule has 1 atom stereocenters. The average Bonchev–Trinajstić information content (AvgIpc) is 2.55. The molecule has 2 aromatic rings. The molecule has 0 heterocycles. The quantitative estimate of drug-likeness (QED) is 0.833. The molecule has 0 aliphatic heterocycles. The van der Waals surface area contributed by atoms with Crippen LogP contribution in [0.5, 0.6) is 11.5 Å². The molecule has 4 nitrogen and oxygen atoms in total. The average molecular weight is 356 g/mol. The maximum atomic E-state index is 12.3. The summed E-state index contributed by atoms with van der Waals surface area (Å²) in [5.74, 6) is -0.434. The molecule has 1 N–H and O–H groups in total. The maximum absolute atomic E-state index is 12.3. The second kappa shape index (κ2) is 7.97. The Labute approximate surface area is 143 Å². The van der Waals surface area contributed by atoms with E-state index < -0.39 is 6.61 Å². The Balaban J connectivity index is 2.12. The lowest BCUT2D eigenvalue weighted by Crippen LogP contribution is -2.26. The molecular weight excluding hydrogens is 340 g/mol. The fourth-order valence-corrected chi connectivity index (χ4v) is 2.24. The lowest BCUT2D eigenvalue weighted by molar-refractivity contribution is -0.0512. The highest BCUT2D eigenvalue weighted by Crippen LogP contribution is 2.29. The van der Waals surface area contributed by atoms with Crippen molar-refractivity contribution in [3.63, 3.8) is 0 Å². The smallest absolute Gasteiger partial charge is 0.387 e. The van der Waals surface area contributed by atoms with E-state index in [1.165, 1.54) is 25.3 Å². The number of amides is 1. The molecular formula is C17H16ClF2NO3. The van der Waals surface area contributed by atoms with Crippen LogP contribution in [0.2, 0.25) is 5.02 Å². The van der Waals surface area contributed by atoms with Crippen molar-refractivity contribution in [1.82, 2.24) is 5.32 Å². The third-order valence-corrected chi connectivity index (χ3v) is 3.61. The minimum atomic E-state index is -2.97. The molecule has 7 heteroatoms. The Bertz CT molecular complexity index is 707. The normalized spacial score (nSPS) is 11.9. The summed E-state index contributed by atoms with van der Waals surface area (Å²) in [5.41, 5.74) is 1.16. The number of hydrogen-bond acceptors (Lipinski definition) is 3. The lowest BCUT2D eigenvalue weighted by atomic mass is 10.1. The first kappa shape index (κ1) is 18.0. The van der Waals surface area contributed by atoms with Crippen LogP contribution in [-0.4, -0.2) is 19.6 Å². The summed E-state index contributed by atoms with van der Waals surface area (Å²) in [7, 11) is 1.31. The second-order valence-corrected chi connectivity index (χ2v) is 5.43. The van der Waals surface area contributed by atoms with Gasteiger partial charge in [0.25, 0.3) is 5.91 Å². The molecule has 0 spiro atoms. The predicted molar refractivity (Wildman–Crippen MR) is 87.0 cm³/mol. The van der Waals surface area contributed by atoms with Crippen LogP contribution in [-0.2, 0) is 0 Å². The van der Waals surface area contributed by atoms with Crippen LogP contribution < -0.4 is 14.8 Å². The highest BCUT2D eigenvalue weighted by atomic mass is 35.5. The zero-order chi connectivity index (χ0) is 17.7. The van der Waals surface area contributed by atoms with Gasteiger partial charge in [0, 0.05) is 10.6 Å². The number of hydrogen-bond donors (Lipinski definition) is 1. The van der Waals surface area contributed by atoms with Gasteiger partial charge in [-0.15, -0.1) is 0 Å². The fraction of sp³-hybridized carbons (Fsp3) is 0.235. The van der Waals surface area contributed by atoms with Gasteiger partial charge in [-0.25, -0.2) is 0 Å². The number of carbonyl (C=O) groups is 1. The Morgan fingerprint density at radius 3 is 2.38 bits per heavy atom. The minimum absolute atomic E-state index is 0.0575. The van der Waals surface area contributed by atoms with Gasteiger partial charge < -0.3 is 14.8 Å². The van der Waals surface area contributed by atoms with Gasteiger partial charge in [0.2, 0.25) is 0 Å². The minimum Gasteiger partial charge on any atom is -0.493 e. The van der Waals surface area contributed by atoms with Gasteiger partial charge in [-0.05, 0) is 42.8 Å². The third-order valence-electron chi connectivity index (χ3n) is 3.36. The highest BCUT2D eigenvalue weighted by molar-refractivity contribution is 6.30. The molecule has 0 aliphatic rings. The Hall–Kier alpha value is -2.34.